The predicted molar refractivity (Wildman–Crippen MR) is 112 cm³/mol. The third-order valence-electron chi connectivity index (χ3n) is 4.34. The van der Waals surface area contributed by atoms with Crippen molar-refractivity contribution in [3.63, 3.8) is 0 Å². The number of para-hydroxylation sites is 1. The van der Waals surface area contributed by atoms with Gasteiger partial charge in [0, 0.05) is 5.56 Å². The second-order valence-electron chi connectivity index (χ2n) is 6.40. The van der Waals surface area contributed by atoms with Crippen molar-refractivity contribution < 1.29 is 17.6 Å². The summed E-state index contributed by atoms with van der Waals surface area (Å²) < 4.78 is 33.0. The van der Waals surface area contributed by atoms with Crippen LogP contribution >= 0.6 is 0 Å². The van der Waals surface area contributed by atoms with Crippen molar-refractivity contribution in [1.82, 2.24) is 5.32 Å². The normalized spacial score (nSPS) is 12.2. The van der Waals surface area contributed by atoms with Crippen LogP contribution in [0.3, 0.4) is 0 Å². The van der Waals surface area contributed by atoms with Gasteiger partial charge in [-0.3, -0.25) is 9.10 Å². The van der Waals surface area contributed by atoms with Crippen molar-refractivity contribution >= 4 is 21.6 Å². The van der Waals surface area contributed by atoms with E-state index in [9.17, 15) is 13.2 Å². The minimum absolute atomic E-state index is 0.0292. The molecule has 0 saturated heterocycles. The summed E-state index contributed by atoms with van der Waals surface area (Å²) in [5.41, 5.74) is 0.768. The molecule has 0 radical (unpaired) electrons. The van der Waals surface area contributed by atoms with Gasteiger partial charge in [-0.05, 0) is 49.4 Å². The van der Waals surface area contributed by atoms with Crippen LogP contribution in [-0.4, -0.2) is 20.9 Å². The van der Waals surface area contributed by atoms with Gasteiger partial charge in [0.25, 0.3) is 15.9 Å². The van der Waals surface area contributed by atoms with Gasteiger partial charge in [-0.1, -0.05) is 30.3 Å². The first-order valence-electron chi connectivity index (χ1n) is 9.06. The van der Waals surface area contributed by atoms with E-state index in [-0.39, 0.29) is 29.0 Å². The molecule has 0 unspecified atom stereocenters. The number of benzene rings is 2. The molecular formula is C22H22N2O4S. The molecule has 0 aliphatic rings. The molecule has 29 heavy (non-hydrogen) atoms. The van der Waals surface area contributed by atoms with Gasteiger partial charge < -0.3 is 9.73 Å². The van der Waals surface area contributed by atoms with E-state index in [1.165, 1.54) is 28.8 Å². The molecule has 1 N–H and O–H groups in total. The van der Waals surface area contributed by atoms with Crippen molar-refractivity contribution in [3.8, 4) is 0 Å². The number of hydrogen-bond donors (Lipinski definition) is 1. The molecule has 0 saturated carbocycles. The molecule has 1 amide bonds. The van der Waals surface area contributed by atoms with Crippen LogP contribution in [0.5, 0.6) is 0 Å². The minimum atomic E-state index is -3.88. The maximum absolute atomic E-state index is 13.2. The highest BCUT2D eigenvalue weighted by Gasteiger charge is 2.25. The zero-order valence-electron chi connectivity index (χ0n) is 16.0. The number of hydrogen-bond acceptors (Lipinski definition) is 4. The van der Waals surface area contributed by atoms with Crippen molar-refractivity contribution in [2.24, 2.45) is 0 Å². The molecule has 3 rings (SSSR count). The first kappa shape index (κ1) is 20.4. The third kappa shape index (κ3) is 4.57. The second kappa shape index (κ2) is 8.79. The fourth-order valence-electron chi connectivity index (χ4n) is 2.87. The molecule has 1 atom stereocenters. The molecule has 0 spiro atoms. The van der Waals surface area contributed by atoms with Crippen LogP contribution in [0.2, 0.25) is 0 Å². The fourth-order valence-corrected chi connectivity index (χ4v) is 4.35. The Morgan fingerprint density at radius 1 is 1.14 bits per heavy atom. The van der Waals surface area contributed by atoms with E-state index in [1.54, 1.807) is 55.5 Å². The Balaban J connectivity index is 1.88. The van der Waals surface area contributed by atoms with E-state index < -0.39 is 10.0 Å². The quantitative estimate of drug-likeness (QED) is 0.566. The van der Waals surface area contributed by atoms with Crippen LogP contribution in [0.15, 0.2) is 95.0 Å². The van der Waals surface area contributed by atoms with Gasteiger partial charge >= 0.3 is 0 Å². The van der Waals surface area contributed by atoms with Crippen LogP contribution in [0.1, 0.15) is 29.1 Å². The topological polar surface area (TPSA) is 79.6 Å². The molecule has 150 valence electrons. The fraction of sp³-hybridized carbons (Fsp3) is 0.136. The Hall–Kier alpha value is -3.32. The van der Waals surface area contributed by atoms with Crippen molar-refractivity contribution in [2.45, 2.75) is 17.9 Å². The highest BCUT2D eigenvalue weighted by atomic mass is 32.2. The van der Waals surface area contributed by atoms with Crippen LogP contribution < -0.4 is 9.62 Å². The Morgan fingerprint density at radius 2 is 1.90 bits per heavy atom. The molecule has 0 bridgehead atoms. The van der Waals surface area contributed by atoms with Gasteiger partial charge in [0.15, 0.2) is 0 Å². The van der Waals surface area contributed by atoms with E-state index in [0.717, 1.165) is 0 Å². The summed E-state index contributed by atoms with van der Waals surface area (Å²) in [5, 5.41) is 2.81. The molecule has 0 aliphatic heterocycles. The molecule has 3 aromatic rings. The molecule has 1 aromatic heterocycles. The average Bonchev–Trinajstić information content (AvgIpc) is 3.27. The van der Waals surface area contributed by atoms with Crippen LogP contribution in [0.4, 0.5) is 5.69 Å². The van der Waals surface area contributed by atoms with Crippen molar-refractivity contribution in [3.05, 3.63) is 97.0 Å². The van der Waals surface area contributed by atoms with Crippen LogP contribution in [0.25, 0.3) is 0 Å². The lowest BCUT2D eigenvalue weighted by Crippen LogP contribution is -2.31. The van der Waals surface area contributed by atoms with Gasteiger partial charge in [-0.2, -0.15) is 0 Å². The van der Waals surface area contributed by atoms with Gasteiger partial charge in [0.1, 0.15) is 5.76 Å². The summed E-state index contributed by atoms with van der Waals surface area (Å²) in [6, 6.07) is 17.9. The zero-order valence-corrected chi connectivity index (χ0v) is 16.8. The number of nitrogens with zero attached hydrogens (tertiary/aromatic N) is 1. The average molecular weight is 410 g/mol. The monoisotopic (exact) mass is 410 g/mol. The molecule has 0 fully saturated rings. The van der Waals surface area contributed by atoms with Gasteiger partial charge in [0.2, 0.25) is 0 Å². The van der Waals surface area contributed by atoms with E-state index >= 15 is 0 Å². The van der Waals surface area contributed by atoms with Crippen molar-refractivity contribution in [2.75, 3.05) is 10.8 Å². The smallest absolute Gasteiger partial charge is 0.264 e. The summed E-state index contributed by atoms with van der Waals surface area (Å²) in [5.74, 6) is 0.226. The van der Waals surface area contributed by atoms with Crippen molar-refractivity contribution in [1.29, 1.82) is 0 Å². The number of sulfonamides is 1. The number of rotatable bonds is 8. The number of carbonyl (C=O) groups excluding carboxylic acids is 1. The minimum Gasteiger partial charge on any atom is -0.467 e. The van der Waals surface area contributed by atoms with E-state index in [2.05, 4.69) is 11.9 Å². The van der Waals surface area contributed by atoms with E-state index in [4.69, 9.17) is 4.42 Å². The number of amides is 1. The first-order valence-corrected chi connectivity index (χ1v) is 10.5. The standard InChI is InChI=1S/C22H22N2O4S/c1-3-14-24(19-10-5-4-6-11-19)29(26,27)20-12-7-9-18(16-20)22(25)23-17(2)21-13-8-15-28-21/h3-13,15-17H,1,14H2,2H3,(H,23,25)/t17-/m1/s1. The van der Waals surface area contributed by atoms with Gasteiger partial charge in [-0.15, -0.1) is 6.58 Å². The van der Waals surface area contributed by atoms with Gasteiger partial charge in [0.05, 0.1) is 29.4 Å². The number of furan rings is 1. The van der Waals surface area contributed by atoms with E-state index in [0.29, 0.717) is 11.4 Å². The Kier molecular flexibility index (Phi) is 6.19. The summed E-state index contributed by atoms with van der Waals surface area (Å²) in [4.78, 5) is 12.6. The number of carbonyl (C=O) groups is 1. The Labute approximate surface area is 170 Å². The highest BCUT2D eigenvalue weighted by Crippen LogP contribution is 2.24. The maximum atomic E-state index is 13.2. The molecule has 6 nitrogen and oxygen atoms in total. The lowest BCUT2D eigenvalue weighted by molar-refractivity contribution is 0.0935. The lowest BCUT2D eigenvalue weighted by Gasteiger charge is -2.23. The highest BCUT2D eigenvalue weighted by molar-refractivity contribution is 7.92. The maximum Gasteiger partial charge on any atom is 0.264 e. The molecule has 2 aromatic carbocycles. The molecule has 0 aliphatic carbocycles. The third-order valence-corrected chi connectivity index (χ3v) is 6.13. The molecule has 1 heterocycles. The summed E-state index contributed by atoms with van der Waals surface area (Å²) in [6.07, 6.45) is 3.05. The number of nitrogens with one attached hydrogen (secondary N) is 1. The largest absolute Gasteiger partial charge is 0.467 e. The lowest BCUT2D eigenvalue weighted by atomic mass is 10.2. The second-order valence-corrected chi connectivity index (χ2v) is 8.26. The zero-order chi connectivity index (χ0) is 20.9. The molecular weight excluding hydrogens is 388 g/mol. The Bertz CT molecular complexity index is 1080. The molecule has 7 heteroatoms. The Morgan fingerprint density at radius 3 is 2.55 bits per heavy atom. The van der Waals surface area contributed by atoms with Crippen LogP contribution in [0, 0.1) is 0 Å². The summed E-state index contributed by atoms with van der Waals surface area (Å²) in [7, 11) is -3.88. The summed E-state index contributed by atoms with van der Waals surface area (Å²) >= 11 is 0. The van der Waals surface area contributed by atoms with Crippen LogP contribution in [-0.2, 0) is 10.0 Å². The SMILES string of the molecule is C=CCN(c1ccccc1)S(=O)(=O)c1cccc(C(=O)N[C@H](C)c2ccco2)c1. The number of anilines is 1. The predicted octanol–water partition coefficient (Wildman–Crippen LogP) is 4.15. The van der Waals surface area contributed by atoms with Gasteiger partial charge in [-0.25, -0.2) is 8.42 Å². The first-order chi connectivity index (χ1) is 13.9. The van der Waals surface area contributed by atoms with E-state index in [1.807, 2.05) is 6.07 Å². The summed E-state index contributed by atoms with van der Waals surface area (Å²) in [6.45, 7) is 5.56.